The molecule has 3 heterocycles. The van der Waals surface area contributed by atoms with Gasteiger partial charge in [0.1, 0.15) is 12.2 Å². The summed E-state index contributed by atoms with van der Waals surface area (Å²) in [7, 11) is -2.04. The van der Waals surface area contributed by atoms with E-state index in [1.165, 1.54) is 0 Å². The fourth-order valence-corrected chi connectivity index (χ4v) is 6.35. The van der Waals surface area contributed by atoms with E-state index in [-0.39, 0.29) is 48.0 Å². The maximum atomic E-state index is 13.0. The Labute approximate surface area is 184 Å². The first kappa shape index (κ1) is 21.2. The summed E-state index contributed by atoms with van der Waals surface area (Å²) in [5.41, 5.74) is 1.63. The van der Waals surface area contributed by atoms with Gasteiger partial charge in [-0.3, -0.25) is 4.79 Å². The Morgan fingerprint density at radius 1 is 1.10 bits per heavy atom. The lowest BCUT2D eigenvalue weighted by atomic mass is 9.72. The first-order valence-electron chi connectivity index (χ1n) is 11.1. The first-order chi connectivity index (χ1) is 14.4. The third-order valence-corrected chi connectivity index (χ3v) is 12.0. The molecule has 3 aliphatic heterocycles. The summed E-state index contributed by atoms with van der Waals surface area (Å²) in [5.74, 6) is 0.539. The number of ether oxygens (including phenoxy) is 4. The molecule has 1 aliphatic carbocycles. The summed E-state index contributed by atoms with van der Waals surface area (Å²) >= 11 is 0. The average Bonchev–Trinajstić information content (AvgIpc) is 3.23. The largest absolute Gasteiger partial charge is 0.454 e. The Bertz CT molecular complexity index is 923. The third-order valence-electron chi connectivity index (χ3n) is 7.54. The van der Waals surface area contributed by atoms with E-state index in [2.05, 4.69) is 39.2 Å². The second kappa shape index (κ2) is 6.70. The minimum atomic E-state index is -2.04. The van der Waals surface area contributed by atoms with Gasteiger partial charge in [-0.25, -0.2) is 0 Å². The van der Waals surface area contributed by atoms with E-state index in [0.29, 0.717) is 17.1 Å². The fraction of sp³-hybridized carbons (Fsp3) is 0.696. The van der Waals surface area contributed by atoms with Gasteiger partial charge in [0.2, 0.25) is 6.79 Å². The first-order valence-corrected chi connectivity index (χ1v) is 14.0. The number of hydrogen-bond donors (Lipinski definition) is 1. The van der Waals surface area contributed by atoms with Gasteiger partial charge in [0.05, 0.1) is 12.1 Å². The van der Waals surface area contributed by atoms with Gasteiger partial charge in [-0.05, 0) is 56.1 Å². The van der Waals surface area contributed by atoms with Crippen LogP contribution in [0.4, 0.5) is 0 Å². The van der Waals surface area contributed by atoms with Crippen molar-refractivity contribution in [3.05, 3.63) is 23.3 Å². The molecule has 8 heteroatoms. The van der Waals surface area contributed by atoms with Gasteiger partial charge < -0.3 is 28.7 Å². The van der Waals surface area contributed by atoms with E-state index in [1.54, 1.807) is 6.07 Å². The van der Waals surface area contributed by atoms with Crippen LogP contribution in [0.25, 0.3) is 0 Å². The van der Waals surface area contributed by atoms with Crippen LogP contribution in [0.2, 0.25) is 18.1 Å². The highest BCUT2D eigenvalue weighted by Crippen LogP contribution is 2.50. The predicted molar refractivity (Wildman–Crippen MR) is 117 cm³/mol. The second-order valence-electron chi connectivity index (χ2n) is 11.1. The molecular weight excluding hydrogens is 414 g/mol. The molecule has 7 nitrogen and oxygen atoms in total. The molecule has 1 amide bonds. The minimum absolute atomic E-state index is 0.0516. The van der Waals surface area contributed by atoms with E-state index in [1.807, 2.05) is 19.9 Å². The molecule has 0 bridgehead atoms. The van der Waals surface area contributed by atoms with Gasteiger partial charge in [-0.15, -0.1) is 0 Å². The molecule has 1 N–H and O–H groups in total. The van der Waals surface area contributed by atoms with Crippen molar-refractivity contribution < 1.29 is 28.2 Å². The van der Waals surface area contributed by atoms with Crippen LogP contribution < -0.4 is 14.8 Å². The zero-order chi connectivity index (χ0) is 22.3. The van der Waals surface area contributed by atoms with Crippen molar-refractivity contribution in [3.8, 4) is 11.5 Å². The van der Waals surface area contributed by atoms with E-state index < -0.39 is 14.1 Å². The van der Waals surface area contributed by atoms with E-state index >= 15 is 0 Å². The summed E-state index contributed by atoms with van der Waals surface area (Å²) in [6.45, 7) is 15.3. The zero-order valence-electron chi connectivity index (χ0n) is 19.4. The van der Waals surface area contributed by atoms with Crippen molar-refractivity contribution in [2.24, 2.45) is 0 Å². The molecule has 0 radical (unpaired) electrons. The van der Waals surface area contributed by atoms with E-state index in [4.69, 9.17) is 23.4 Å². The normalized spacial score (nSPS) is 33.4. The van der Waals surface area contributed by atoms with Crippen molar-refractivity contribution in [1.82, 2.24) is 5.32 Å². The molecular formula is C23H33NO6Si. The number of rotatable bonds is 2. The summed E-state index contributed by atoms with van der Waals surface area (Å²) in [6, 6.07) is 3.60. The number of fused-ring (bicyclic) bond motifs is 6. The summed E-state index contributed by atoms with van der Waals surface area (Å²) in [5, 5.41) is 3.29. The van der Waals surface area contributed by atoms with Gasteiger partial charge in [-0.1, -0.05) is 20.8 Å². The molecule has 31 heavy (non-hydrogen) atoms. The van der Waals surface area contributed by atoms with Crippen LogP contribution in [0.3, 0.4) is 0 Å². The van der Waals surface area contributed by atoms with Crippen molar-refractivity contribution in [2.75, 3.05) is 6.79 Å². The molecule has 170 valence electrons. The van der Waals surface area contributed by atoms with Gasteiger partial charge in [0.15, 0.2) is 25.6 Å². The molecule has 2 fully saturated rings. The minimum Gasteiger partial charge on any atom is -0.454 e. The molecule has 1 saturated heterocycles. The summed E-state index contributed by atoms with van der Waals surface area (Å²) in [4.78, 5) is 13.0. The van der Waals surface area contributed by atoms with Gasteiger partial charge in [-0.2, -0.15) is 0 Å². The number of benzene rings is 1. The van der Waals surface area contributed by atoms with Gasteiger partial charge in [0.25, 0.3) is 5.91 Å². The Kier molecular flexibility index (Phi) is 4.59. The van der Waals surface area contributed by atoms with Crippen molar-refractivity contribution in [1.29, 1.82) is 0 Å². The van der Waals surface area contributed by atoms with Crippen molar-refractivity contribution >= 4 is 14.2 Å². The van der Waals surface area contributed by atoms with Gasteiger partial charge in [0, 0.05) is 11.5 Å². The fourth-order valence-electron chi connectivity index (χ4n) is 5.01. The van der Waals surface area contributed by atoms with Crippen LogP contribution in [-0.2, 0) is 13.9 Å². The topological polar surface area (TPSA) is 75.3 Å². The van der Waals surface area contributed by atoms with Crippen LogP contribution in [0.1, 0.15) is 62.9 Å². The molecule has 4 aliphatic rings. The summed E-state index contributed by atoms with van der Waals surface area (Å²) < 4.78 is 30.7. The lowest BCUT2D eigenvalue weighted by Crippen LogP contribution is -2.62. The zero-order valence-corrected chi connectivity index (χ0v) is 20.4. The van der Waals surface area contributed by atoms with E-state index in [9.17, 15) is 4.79 Å². The Hall–Kier alpha value is -1.61. The molecule has 1 aromatic rings. The maximum Gasteiger partial charge on any atom is 0.252 e. The van der Waals surface area contributed by atoms with Crippen molar-refractivity contribution in [2.45, 2.75) is 95.2 Å². The van der Waals surface area contributed by atoms with Gasteiger partial charge >= 0.3 is 0 Å². The highest BCUT2D eigenvalue weighted by atomic mass is 28.4. The monoisotopic (exact) mass is 447 g/mol. The highest BCUT2D eigenvalue weighted by Gasteiger charge is 2.58. The van der Waals surface area contributed by atoms with E-state index in [0.717, 1.165) is 12.0 Å². The Morgan fingerprint density at radius 2 is 1.74 bits per heavy atom. The summed E-state index contributed by atoms with van der Waals surface area (Å²) in [6.07, 6.45) is 0.152. The van der Waals surface area contributed by atoms with Crippen LogP contribution in [0.5, 0.6) is 11.5 Å². The Balaban J connectivity index is 1.55. The molecule has 1 aromatic carbocycles. The SMILES string of the molecule is CC1(C)O[C@@H]2[C@@H](O1)[C@@H]1NC(=O)c3cc4c(cc3[C@H]1C[C@@H]2O[Si](C)(C)C(C)(C)C)OCO4. The molecule has 5 rings (SSSR count). The maximum absolute atomic E-state index is 13.0. The number of nitrogens with one attached hydrogen (secondary N) is 1. The molecule has 0 spiro atoms. The molecule has 1 saturated carbocycles. The standard InChI is InChI=1S/C23H33NO6Si/c1-22(2,3)31(6,7)30-17-9-13-12-8-15-16(27-11-26-15)10-14(12)21(25)24-18(13)20-19(17)28-23(4,5)29-20/h8,10,13,17-20H,9,11H2,1-7H3,(H,24,25)/t13-,17+,18-,19+,20+/m1/s1. The Morgan fingerprint density at radius 3 is 2.42 bits per heavy atom. The number of carbonyl (C=O) groups excluding carboxylic acids is 1. The molecule has 0 unspecified atom stereocenters. The van der Waals surface area contributed by atoms with Crippen LogP contribution in [-0.4, -0.2) is 51.2 Å². The quantitative estimate of drug-likeness (QED) is 0.693. The lowest BCUT2D eigenvalue weighted by molar-refractivity contribution is -0.153. The molecule has 0 aromatic heterocycles. The smallest absolute Gasteiger partial charge is 0.252 e. The highest BCUT2D eigenvalue weighted by molar-refractivity contribution is 6.74. The third kappa shape index (κ3) is 3.39. The average molecular weight is 448 g/mol. The van der Waals surface area contributed by atoms with Crippen LogP contribution >= 0.6 is 0 Å². The predicted octanol–water partition coefficient (Wildman–Crippen LogP) is 3.93. The van der Waals surface area contributed by atoms with Crippen molar-refractivity contribution in [3.63, 3.8) is 0 Å². The molecule has 5 atom stereocenters. The number of hydrogen-bond acceptors (Lipinski definition) is 6. The van der Waals surface area contributed by atoms with Crippen LogP contribution in [0, 0.1) is 0 Å². The number of carbonyl (C=O) groups is 1. The van der Waals surface area contributed by atoms with Crippen LogP contribution in [0.15, 0.2) is 12.1 Å². The second-order valence-corrected chi connectivity index (χ2v) is 15.9. The number of amides is 1. The lowest BCUT2D eigenvalue weighted by Gasteiger charge is -2.48.